The van der Waals surface area contributed by atoms with E-state index in [1.54, 1.807) is 0 Å². The molecule has 0 aromatic carbocycles. The summed E-state index contributed by atoms with van der Waals surface area (Å²) in [4.78, 5) is 11.9. The Balaban J connectivity index is 0. The number of primary amides is 2. The molecule has 0 aliphatic rings. The van der Waals surface area contributed by atoms with Crippen LogP contribution in [0.2, 0.25) is 0 Å². The highest BCUT2D eigenvalue weighted by Crippen LogP contribution is 1.72. The number of H-pyrrole nitrogens is 1. The summed E-state index contributed by atoms with van der Waals surface area (Å²) in [6.07, 6.45) is 3.75. The third-order valence-corrected chi connectivity index (χ3v) is 0.496. The Hall–Kier alpha value is -1.16. The molecular formula is C5H10ClN3O. The van der Waals surface area contributed by atoms with Gasteiger partial charge in [-0.2, -0.15) is 0 Å². The monoisotopic (exact) mass is 163 g/mol. The van der Waals surface area contributed by atoms with E-state index in [0.29, 0.717) is 0 Å². The van der Waals surface area contributed by atoms with E-state index in [1.807, 2.05) is 24.5 Å². The average Bonchev–Trinajstić information content (AvgIpc) is 2.11. The minimum absolute atomic E-state index is 0. The van der Waals surface area contributed by atoms with Gasteiger partial charge in [0.15, 0.2) is 0 Å². The summed E-state index contributed by atoms with van der Waals surface area (Å²) in [7, 11) is 0. The van der Waals surface area contributed by atoms with Crippen LogP contribution in [0.1, 0.15) is 0 Å². The minimum Gasteiger partial charge on any atom is -0.368 e. The molecule has 1 rings (SSSR count). The fourth-order valence-electron chi connectivity index (χ4n) is 0.278. The molecule has 1 aromatic heterocycles. The van der Waals surface area contributed by atoms with Crippen molar-refractivity contribution in [2.45, 2.75) is 0 Å². The van der Waals surface area contributed by atoms with Crippen LogP contribution in [0.4, 0.5) is 4.79 Å². The second kappa shape index (κ2) is 7.84. The van der Waals surface area contributed by atoms with Crippen molar-refractivity contribution in [3.05, 3.63) is 24.5 Å². The molecule has 0 saturated heterocycles. The number of aromatic amines is 1. The SMILES string of the molecule is Cl.NC(N)=O.c1cc[nH]c1. The standard InChI is InChI=1S/C4H5N.CH4N2O.ClH/c1-2-4-5-3-1;2-1(3)4;/h1-5H;(H4,2,3,4);1H. The van der Waals surface area contributed by atoms with Crippen molar-refractivity contribution in [3.8, 4) is 0 Å². The Morgan fingerprint density at radius 2 is 1.50 bits per heavy atom. The van der Waals surface area contributed by atoms with E-state index < -0.39 is 6.03 Å². The molecule has 0 spiro atoms. The summed E-state index contributed by atoms with van der Waals surface area (Å²) >= 11 is 0. The number of hydrogen-bond donors (Lipinski definition) is 3. The Morgan fingerprint density at radius 3 is 1.60 bits per heavy atom. The van der Waals surface area contributed by atoms with Gasteiger partial charge in [0.25, 0.3) is 0 Å². The first-order valence-corrected chi connectivity index (χ1v) is 2.36. The molecule has 1 aromatic rings. The van der Waals surface area contributed by atoms with Crippen LogP contribution < -0.4 is 11.5 Å². The molecule has 58 valence electrons. The zero-order valence-corrected chi connectivity index (χ0v) is 6.10. The lowest BCUT2D eigenvalue weighted by Crippen LogP contribution is -2.18. The molecule has 0 aliphatic carbocycles. The number of amides is 2. The van der Waals surface area contributed by atoms with Gasteiger partial charge in [-0.3, -0.25) is 0 Å². The number of carbonyl (C=O) groups is 1. The molecule has 0 fully saturated rings. The van der Waals surface area contributed by atoms with Gasteiger partial charge in [-0.15, -0.1) is 12.4 Å². The lowest BCUT2D eigenvalue weighted by molar-refractivity contribution is 0.256. The minimum atomic E-state index is -0.833. The van der Waals surface area contributed by atoms with E-state index in [-0.39, 0.29) is 12.4 Å². The quantitative estimate of drug-likeness (QED) is 0.510. The smallest absolute Gasteiger partial charge is 0.309 e. The first-order chi connectivity index (χ1) is 4.23. The summed E-state index contributed by atoms with van der Waals surface area (Å²) < 4.78 is 0. The van der Waals surface area contributed by atoms with Gasteiger partial charge in [-0.05, 0) is 12.1 Å². The molecule has 10 heavy (non-hydrogen) atoms. The third kappa shape index (κ3) is 15.8. The number of aromatic nitrogens is 1. The maximum atomic E-state index is 9.00. The highest BCUT2D eigenvalue weighted by molar-refractivity contribution is 5.85. The van der Waals surface area contributed by atoms with E-state index >= 15 is 0 Å². The molecule has 0 bridgehead atoms. The van der Waals surface area contributed by atoms with Crippen molar-refractivity contribution in [3.63, 3.8) is 0 Å². The molecule has 2 amide bonds. The Labute approximate surface area is 65.0 Å². The molecule has 0 unspecified atom stereocenters. The molecule has 0 radical (unpaired) electrons. The Kier molecular flexibility index (Phi) is 9.11. The van der Waals surface area contributed by atoms with E-state index in [1.165, 1.54) is 0 Å². The van der Waals surface area contributed by atoms with E-state index in [9.17, 15) is 0 Å². The van der Waals surface area contributed by atoms with Crippen LogP contribution in [0.3, 0.4) is 0 Å². The number of rotatable bonds is 0. The normalized spacial score (nSPS) is 6.40. The zero-order chi connectivity index (χ0) is 7.11. The average molecular weight is 164 g/mol. The van der Waals surface area contributed by atoms with E-state index in [4.69, 9.17) is 4.79 Å². The number of halogens is 1. The largest absolute Gasteiger partial charge is 0.368 e. The summed E-state index contributed by atoms with van der Waals surface area (Å²) in [6.45, 7) is 0. The number of urea groups is 1. The van der Waals surface area contributed by atoms with Crippen molar-refractivity contribution in [1.82, 2.24) is 4.98 Å². The third-order valence-electron chi connectivity index (χ3n) is 0.496. The van der Waals surface area contributed by atoms with Gasteiger partial charge < -0.3 is 16.5 Å². The van der Waals surface area contributed by atoms with Gasteiger partial charge in [0.2, 0.25) is 0 Å². The molecule has 5 N–H and O–H groups in total. The van der Waals surface area contributed by atoms with Crippen LogP contribution in [0.25, 0.3) is 0 Å². The fraction of sp³-hybridized carbons (Fsp3) is 0. The van der Waals surface area contributed by atoms with Crippen LogP contribution in [-0.2, 0) is 0 Å². The molecule has 0 aliphatic heterocycles. The highest BCUT2D eigenvalue weighted by Gasteiger charge is 1.60. The van der Waals surface area contributed by atoms with Gasteiger partial charge in [0, 0.05) is 12.4 Å². The maximum Gasteiger partial charge on any atom is 0.309 e. The highest BCUT2D eigenvalue weighted by atomic mass is 35.5. The van der Waals surface area contributed by atoms with Gasteiger partial charge in [0.05, 0.1) is 0 Å². The van der Waals surface area contributed by atoms with Crippen molar-refractivity contribution in [1.29, 1.82) is 0 Å². The molecule has 0 saturated carbocycles. The van der Waals surface area contributed by atoms with E-state index in [0.717, 1.165) is 0 Å². The summed E-state index contributed by atoms with van der Waals surface area (Å²) in [5.41, 5.74) is 8.50. The lowest BCUT2D eigenvalue weighted by atomic mass is 10.7. The topological polar surface area (TPSA) is 84.9 Å². The van der Waals surface area contributed by atoms with Crippen LogP contribution in [0.15, 0.2) is 24.5 Å². The first-order valence-electron chi connectivity index (χ1n) is 2.36. The predicted octanol–water partition coefficient (Wildman–Crippen LogP) is 0.460. The molecular weight excluding hydrogens is 154 g/mol. The maximum absolute atomic E-state index is 9.00. The zero-order valence-electron chi connectivity index (χ0n) is 5.28. The first kappa shape index (κ1) is 11.6. The van der Waals surface area contributed by atoms with Gasteiger partial charge in [-0.1, -0.05) is 0 Å². The molecule has 0 atom stereocenters. The summed E-state index contributed by atoms with van der Waals surface area (Å²) in [5.74, 6) is 0. The van der Waals surface area contributed by atoms with Crippen LogP contribution >= 0.6 is 12.4 Å². The number of nitrogens with one attached hydrogen (secondary N) is 1. The van der Waals surface area contributed by atoms with Crippen molar-refractivity contribution < 1.29 is 4.79 Å². The fourth-order valence-corrected chi connectivity index (χ4v) is 0.278. The van der Waals surface area contributed by atoms with Crippen LogP contribution in [0.5, 0.6) is 0 Å². The Bertz CT molecular complexity index is 131. The lowest BCUT2D eigenvalue weighted by Gasteiger charge is -1.62. The Morgan fingerprint density at radius 1 is 1.20 bits per heavy atom. The van der Waals surface area contributed by atoms with Gasteiger partial charge >= 0.3 is 6.03 Å². The molecule has 1 heterocycles. The number of carbonyl (C=O) groups excluding carboxylic acids is 1. The predicted molar refractivity (Wildman–Crippen MR) is 41.8 cm³/mol. The van der Waals surface area contributed by atoms with Crippen molar-refractivity contribution in [2.75, 3.05) is 0 Å². The van der Waals surface area contributed by atoms with Gasteiger partial charge in [0.1, 0.15) is 0 Å². The van der Waals surface area contributed by atoms with Crippen molar-refractivity contribution in [2.24, 2.45) is 11.5 Å². The van der Waals surface area contributed by atoms with Crippen LogP contribution in [-0.4, -0.2) is 11.0 Å². The summed E-state index contributed by atoms with van der Waals surface area (Å²) in [5, 5.41) is 0. The van der Waals surface area contributed by atoms with E-state index in [2.05, 4.69) is 16.5 Å². The number of nitrogens with two attached hydrogens (primary N) is 2. The molecule has 4 nitrogen and oxygen atoms in total. The second-order valence-electron chi connectivity index (χ2n) is 1.29. The van der Waals surface area contributed by atoms with Crippen molar-refractivity contribution >= 4 is 18.4 Å². The molecule has 5 heteroatoms. The van der Waals surface area contributed by atoms with Crippen LogP contribution in [0, 0.1) is 0 Å². The summed E-state index contributed by atoms with van der Waals surface area (Å²) in [6, 6.07) is 3.06. The number of hydrogen-bond acceptors (Lipinski definition) is 1. The second-order valence-corrected chi connectivity index (χ2v) is 1.29. The van der Waals surface area contributed by atoms with Gasteiger partial charge in [-0.25, -0.2) is 4.79 Å².